The average Bonchev–Trinajstić information content (AvgIpc) is 2.80. The topological polar surface area (TPSA) is 71.1 Å². The Balaban J connectivity index is 1.93. The van der Waals surface area contributed by atoms with Crippen molar-refractivity contribution < 1.29 is 23.5 Å². The Kier molecular flexibility index (Phi) is 8.63. The van der Waals surface area contributed by atoms with Crippen LogP contribution in [0, 0.1) is 11.7 Å². The summed E-state index contributed by atoms with van der Waals surface area (Å²) in [7, 11) is 3.39. The Hall–Kier alpha value is -2.97. The molecule has 0 aromatic heterocycles. The number of benzene rings is 2. The van der Waals surface area contributed by atoms with Gasteiger partial charge in [-0.2, -0.15) is 0 Å². The summed E-state index contributed by atoms with van der Waals surface area (Å²) in [5.74, 6) is -0.0968. The molecule has 1 aliphatic rings. The zero-order valence-corrected chi connectivity index (χ0v) is 20.5. The third-order valence-corrected chi connectivity index (χ3v) is 6.19. The van der Waals surface area contributed by atoms with Crippen molar-refractivity contribution >= 4 is 17.5 Å². The lowest BCUT2D eigenvalue weighted by molar-refractivity contribution is -0.114. The van der Waals surface area contributed by atoms with Crippen molar-refractivity contribution in [1.29, 1.82) is 0 Å². The number of halogens is 1. The van der Waals surface area contributed by atoms with E-state index in [0.717, 1.165) is 12.1 Å². The van der Waals surface area contributed by atoms with Gasteiger partial charge in [0.15, 0.2) is 0 Å². The standard InChI is InChI=1S/C26H34FN3O4/c1-17-13-30(14-20-6-8-21(27)9-7-20)18(2)16-34-24-11-10-22(28-19(3)31)12-23(24)26(32)29(4)15-25(17)33-5/h6-12,17-18,25H,13-16H2,1-5H3,(H,28,31)/t17-,18+,25-/m0/s1. The first kappa shape index (κ1) is 25.6. The Morgan fingerprint density at radius 1 is 1.18 bits per heavy atom. The number of ether oxygens (including phenoxy) is 2. The molecule has 2 aromatic rings. The van der Waals surface area contributed by atoms with Crippen molar-refractivity contribution in [3.05, 3.63) is 59.4 Å². The lowest BCUT2D eigenvalue weighted by Gasteiger charge is -2.36. The van der Waals surface area contributed by atoms with Gasteiger partial charge in [0.1, 0.15) is 18.2 Å². The molecule has 0 aliphatic carbocycles. The Bertz CT molecular complexity index is 998. The van der Waals surface area contributed by atoms with E-state index in [1.54, 1.807) is 49.4 Å². The van der Waals surface area contributed by atoms with Crippen molar-refractivity contribution in [3.63, 3.8) is 0 Å². The van der Waals surface area contributed by atoms with Gasteiger partial charge in [-0.1, -0.05) is 19.1 Å². The third-order valence-electron chi connectivity index (χ3n) is 6.19. The quantitative estimate of drug-likeness (QED) is 0.735. The minimum absolute atomic E-state index is 0.0140. The van der Waals surface area contributed by atoms with Crippen molar-refractivity contribution in [2.45, 2.75) is 39.5 Å². The number of carbonyl (C=O) groups is 2. The normalized spacial score (nSPS) is 22.2. The Morgan fingerprint density at radius 2 is 1.88 bits per heavy atom. The smallest absolute Gasteiger partial charge is 0.257 e. The molecular formula is C26H34FN3O4. The number of amides is 2. The van der Waals surface area contributed by atoms with E-state index in [2.05, 4.69) is 24.1 Å². The molecule has 1 aliphatic heterocycles. The first-order valence-electron chi connectivity index (χ1n) is 11.5. The third kappa shape index (κ3) is 6.55. The molecule has 0 spiro atoms. The largest absolute Gasteiger partial charge is 0.491 e. The van der Waals surface area contributed by atoms with Crippen LogP contribution in [0.25, 0.3) is 0 Å². The Labute approximate surface area is 200 Å². The summed E-state index contributed by atoms with van der Waals surface area (Å²) in [6, 6.07) is 11.6. The number of methoxy groups -OCH3 is 1. The fourth-order valence-electron chi connectivity index (χ4n) is 4.18. The van der Waals surface area contributed by atoms with Crippen molar-refractivity contribution in [3.8, 4) is 5.75 Å². The number of carbonyl (C=O) groups excluding carboxylic acids is 2. The second kappa shape index (κ2) is 11.4. The summed E-state index contributed by atoms with van der Waals surface area (Å²) in [5.41, 5.74) is 1.93. The molecule has 2 aromatic carbocycles. The molecule has 3 rings (SSSR count). The van der Waals surface area contributed by atoms with Gasteiger partial charge in [-0.25, -0.2) is 4.39 Å². The molecule has 0 unspecified atom stereocenters. The SMILES string of the molecule is CO[C@H]1CN(C)C(=O)c2cc(NC(C)=O)ccc2OC[C@@H](C)N(Cc2ccc(F)cc2)C[C@@H]1C. The molecule has 1 N–H and O–H groups in total. The summed E-state index contributed by atoms with van der Waals surface area (Å²) in [4.78, 5) is 28.7. The lowest BCUT2D eigenvalue weighted by Crippen LogP contribution is -2.46. The number of anilines is 1. The van der Waals surface area contributed by atoms with Crippen LogP contribution in [0.2, 0.25) is 0 Å². The molecule has 0 fully saturated rings. The number of hydrogen-bond donors (Lipinski definition) is 1. The highest BCUT2D eigenvalue weighted by molar-refractivity contribution is 5.99. The van der Waals surface area contributed by atoms with E-state index >= 15 is 0 Å². The van der Waals surface area contributed by atoms with E-state index in [9.17, 15) is 14.0 Å². The van der Waals surface area contributed by atoms with Gasteiger partial charge in [0.25, 0.3) is 5.91 Å². The van der Waals surface area contributed by atoms with Gasteiger partial charge in [-0.05, 0) is 48.7 Å². The average molecular weight is 472 g/mol. The molecule has 34 heavy (non-hydrogen) atoms. The molecule has 2 amide bonds. The van der Waals surface area contributed by atoms with Crippen LogP contribution in [0.5, 0.6) is 5.75 Å². The molecule has 8 heteroatoms. The summed E-state index contributed by atoms with van der Waals surface area (Å²) in [5, 5.41) is 2.73. The zero-order valence-electron chi connectivity index (χ0n) is 20.5. The number of nitrogens with zero attached hydrogens (tertiary/aromatic N) is 2. The first-order valence-corrected chi connectivity index (χ1v) is 11.5. The monoisotopic (exact) mass is 471 g/mol. The molecule has 0 radical (unpaired) electrons. The van der Waals surface area contributed by atoms with E-state index < -0.39 is 0 Å². The van der Waals surface area contributed by atoms with Gasteiger partial charge in [0, 0.05) is 52.4 Å². The molecule has 3 atom stereocenters. The molecule has 0 bridgehead atoms. The number of fused-ring (bicyclic) bond motifs is 1. The maximum atomic E-state index is 13.4. The van der Waals surface area contributed by atoms with Crippen LogP contribution in [-0.2, 0) is 16.1 Å². The van der Waals surface area contributed by atoms with Gasteiger partial charge in [-0.3, -0.25) is 14.5 Å². The fourth-order valence-corrected chi connectivity index (χ4v) is 4.18. The molecule has 184 valence electrons. The van der Waals surface area contributed by atoms with E-state index in [0.29, 0.717) is 36.7 Å². The van der Waals surface area contributed by atoms with Crippen LogP contribution >= 0.6 is 0 Å². The summed E-state index contributed by atoms with van der Waals surface area (Å²) in [6.07, 6.45) is -0.181. The number of likely N-dealkylation sites (N-methyl/N-ethyl adjacent to an activating group) is 1. The van der Waals surface area contributed by atoms with E-state index in [1.165, 1.54) is 19.1 Å². The maximum absolute atomic E-state index is 13.4. The predicted molar refractivity (Wildman–Crippen MR) is 129 cm³/mol. The second-order valence-electron chi connectivity index (χ2n) is 9.05. The van der Waals surface area contributed by atoms with Crippen LogP contribution in [0.3, 0.4) is 0 Å². The molecular weight excluding hydrogens is 437 g/mol. The van der Waals surface area contributed by atoms with Crippen LogP contribution in [0.1, 0.15) is 36.7 Å². The van der Waals surface area contributed by atoms with Crippen LogP contribution in [0.15, 0.2) is 42.5 Å². The van der Waals surface area contributed by atoms with Crippen molar-refractivity contribution in [2.75, 3.05) is 39.2 Å². The van der Waals surface area contributed by atoms with Crippen molar-refractivity contribution in [2.24, 2.45) is 5.92 Å². The number of nitrogens with one attached hydrogen (secondary N) is 1. The molecule has 0 saturated heterocycles. The summed E-state index contributed by atoms with van der Waals surface area (Å²) < 4.78 is 25.3. The first-order chi connectivity index (χ1) is 16.2. The van der Waals surface area contributed by atoms with E-state index in [1.807, 2.05) is 0 Å². The summed E-state index contributed by atoms with van der Waals surface area (Å²) in [6.45, 7) is 7.71. The number of rotatable bonds is 4. The van der Waals surface area contributed by atoms with Gasteiger partial charge in [-0.15, -0.1) is 0 Å². The molecule has 1 heterocycles. The highest BCUT2D eigenvalue weighted by Crippen LogP contribution is 2.27. The van der Waals surface area contributed by atoms with Gasteiger partial charge >= 0.3 is 0 Å². The predicted octanol–water partition coefficient (Wildman–Crippen LogP) is 3.79. The minimum Gasteiger partial charge on any atom is -0.491 e. The molecule has 0 saturated carbocycles. The minimum atomic E-state index is -0.260. The van der Waals surface area contributed by atoms with E-state index in [4.69, 9.17) is 9.47 Å². The molecule has 7 nitrogen and oxygen atoms in total. The highest BCUT2D eigenvalue weighted by atomic mass is 19.1. The lowest BCUT2D eigenvalue weighted by atomic mass is 10.0. The highest BCUT2D eigenvalue weighted by Gasteiger charge is 2.28. The van der Waals surface area contributed by atoms with Gasteiger partial charge < -0.3 is 19.7 Å². The number of hydrogen-bond acceptors (Lipinski definition) is 5. The second-order valence-corrected chi connectivity index (χ2v) is 9.05. The van der Waals surface area contributed by atoms with Crippen molar-refractivity contribution in [1.82, 2.24) is 9.80 Å². The van der Waals surface area contributed by atoms with E-state index in [-0.39, 0.29) is 35.7 Å². The van der Waals surface area contributed by atoms with Gasteiger partial charge in [0.05, 0.1) is 11.7 Å². The summed E-state index contributed by atoms with van der Waals surface area (Å²) >= 11 is 0. The van der Waals surface area contributed by atoms with Crippen LogP contribution in [0.4, 0.5) is 10.1 Å². The Morgan fingerprint density at radius 3 is 2.53 bits per heavy atom. The van der Waals surface area contributed by atoms with Gasteiger partial charge in [0.2, 0.25) is 5.91 Å². The zero-order chi connectivity index (χ0) is 24.8. The van der Waals surface area contributed by atoms with Crippen LogP contribution < -0.4 is 10.1 Å². The maximum Gasteiger partial charge on any atom is 0.257 e. The fraction of sp³-hybridized carbons (Fsp3) is 0.462. The van der Waals surface area contributed by atoms with Crippen LogP contribution in [-0.4, -0.2) is 67.6 Å².